The van der Waals surface area contributed by atoms with Crippen molar-refractivity contribution in [2.24, 2.45) is 0 Å². The molecule has 1 N–H and O–H groups in total. The van der Waals surface area contributed by atoms with Gasteiger partial charge in [-0.05, 0) is 18.6 Å². The highest BCUT2D eigenvalue weighted by atomic mass is 16.4. The maximum atomic E-state index is 12.4. The zero-order valence-electron chi connectivity index (χ0n) is 11.1. The van der Waals surface area contributed by atoms with Crippen LogP contribution in [0, 0.1) is 0 Å². The van der Waals surface area contributed by atoms with Crippen molar-refractivity contribution in [3.63, 3.8) is 0 Å². The van der Waals surface area contributed by atoms with E-state index in [0.29, 0.717) is 29.7 Å². The number of benzene rings is 1. The van der Waals surface area contributed by atoms with Gasteiger partial charge in [-0.2, -0.15) is 0 Å². The minimum Gasteiger partial charge on any atom is -0.481 e. The van der Waals surface area contributed by atoms with Gasteiger partial charge in [0.1, 0.15) is 5.82 Å². The summed E-state index contributed by atoms with van der Waals surface area (Å²) < 4.78 is 1.55. The maximum absolute atomic E-state index is 12.4. The van der Waals surface area contributed by atoms with Gasteiger partial charge in [0.2, 0.25) is 0 Å². The van der Waals surface area contributed by atoms with Gasteiger partial charge in [0.25, 0.3) is 5.56 Å². The molecule has 0 saturated heterocycles. The number of fused-ring (bicyclic) bond motifs is 1. The first-order valence-electron chi connectivity index (χ1n) is 6.44. The van der Waals surface area contributed by atoms with Crippen LogP contribution >= 0.6 is 0 Å². The molecule has 0 spiro atoms. The standard InChI is InChI=1S/C15H16N2O3/c1-2-3-10-17-13(8-9-14(18)19)16-12-7-5-4-6-11(12)15(17)20/h2,4-7H,1,3,8-10H2,(H,18,19). The average molecular weight is 272 g/mol. The third-order valence-electron chi connectivity index (χ3n) is 3.06. The van der Waals surface area contributed by atoms with E-state index in [1.165, 1.54) is 0 Å². The van der Waals surface area contributed by atoms with Crippen LogP contribution in [0.5, 0.6) is 0 Å². The summed E-state index contributed by atoms with van der Waals surface area (Å²) in [4.78, 5) is 27.6. The number of nitrogens with zero attached hydrogens (tertiary/aromatic N) is 2. The number of carboxylic acid groups (broad SMARTS) is 1. The maximum Gasteiger partial charge on any atom is 0.303 e. The molecule has 104 valence electrons. The second-order valence-electron chi connectivity index (χ2n) is 4.47. The number of aromatic nitrogens is 2. The monoisotopic (exact) mass is 272 g/mol. The molecule has 1 heterocycles. The number of hydrogen-bond donors (Lipinski definition) is 1. The van der Waals surface area contributed by atoms with Gasteiger partial charge in [-0.15, -0.1) is 6.58 Å². The first-order chi connectivity index (χ1) is 9.63. The molecule has 0 bridgehead atoms. The molecule has 0 fully saturated rings. The predicted molar refractivity (Wildman–Crippen MR) is 76.8 cm³/mol. The zero-order chi connectivity index (χ0) is 14.5. The van der Waals surface area contributed by atoms with E-state index < -0.39 is 5.97 Å². The van der Waals surface area contributed by atoms with Crippen LogP contribution in [0.2, 0.25) is 0 Å². The van der Waals surface area contributed by atoms with Gasteiger partial charge in [0.05, 0.1) is 17.3 Å². The van der Waals surface area contributed by atoms with E-state index in [1.54, 1.807) is 28.8 Å². The van der Waals surface area contributed by atoms with Crippen molar-refractivity contribution >= 4 is 16.9 Å². The van der Waals surface area contributed by atoms with Crippen LogP contribution in [0.25, 0.3) is 10.9 Å². The number of hydrogen-bond acceptors (Lipinski definition) is 3. The molecule has 0 radical (unpaired) electrons. The minimum absolute atomic E-state index is 0.0428. The van der Waals surface area contributed by atoms with Gasteiger partial charge in [0.15, 0.2) is 0 Å². The van der Waals surface area contributed by atoms with Gasteiger partial charge in [-0.1, -0.05) is 18.2 Å². The molecule has 1 aromatic heterocycles. The molecule has 2 rings (SSSR count). The number of carboxylic acids is 1. The summed E-state index contributed by atoms with van der Waals surface area (Å²) in [7, 11) is 0. The highest BCUT2D eigenvalue weighted by Crippen LogP contribution is 2.10. The highest BCUT2D eigenvalue weighted by Gasteiger charge is 2.11. The summed E-state index contributed by atoms with van der Waals surface area (Å²) in [6, 6.07) is 7.10. The van der Waals surface area contributed by atoms with E-state index in [2.05, 4.69) is 11.6 Å². The summed E-state index contributed by atoms with van der Waals surface area (Å²) in [5.74, 6) is -0.388. The quantitative estimate of drug-likeness (QED) is 0.816. The first kappa shape index (κ1) is 14.0. The SMILES string of the molecule is C=CCCn1c(CCC(=O)O)nc2ccccc2c1=O. The van der Waals surface area contributed by atoms with Gasteiger partial charge in [0, 0.05) is 13.0 Å². The Labute approximate surface area is 116 Å². The molecule has 0 amide bonds. The topological polar surface area (TPSA) is 72.2 Å². The summed E-state index contributed by atoms with van der Waals surface area (Å²) in [5.41, 5.74) is 0.477. The first-order valence-corrected chi connectivity index (χ1v) is 6.44. The molecule has 0 aliphatic rings. The molecule has 2 aromatic rings. The average Bonchev–Trinajstić information content (AvgIpc) is 2.44. The molecular formula is C15H16N2O3. The Morgan fingerprint density at radius 1 is 1.40 bits per heavy atom. The largest absolute Gasteiger partial charge is 0.481 e. The Morgan fingerprint density at radius 2 is 2.15 bits per heavy atom. The molecular weight excluding hydrogens is 256 g/mol. The van der Waals surface area contributed by atoms with Gasteiger partial charge < -0.3 is 5.11 Å². The van der Waals surface area contributed by atoms with Crippen LogP contribution in [-0.4, -0.2) is 20.6 Å². The Hall–Kier alpha value is -2.43. The highest BCUT2D eigenvalue weighted by molar-refractivity contribution is 5.77. The lowest BCUT2D eigenvalue weighted by Crippen LogP contribution is -2.25. The number of para-hydroxylation sites is 1. The van der Waals surface area contributed by atoms with Crippen molar-refractivity contribution in [2.45, 2.75) is 25.8 Å². The van der Waals surface area contributed by atoms with Crippen LogP contribution in [0.1, 0.15) is 18.7 Å². The van der Waals surface area contributed by atoms with E-state index in [9.17, 15) is 9.59 Å². The van der Waals surface area contributed by atoms with E-state index in [1.807, 2.05) is 6.07 Å². The van der Waals surface area contributed by atoms with E-state index in [0.717, 1.165) is 0 Å². The Morgan fingerprint density at radius 3 is 2.85 bits per heavy atom. The molecule has 5 heteroatoms. The van der Waals surface area contributed by atoms with Crippen LogP contribution in [0.15, 0.2) is 41.7 Å². The van der Waals surface area contributed by atoms with Gasteiger partial charge in [-0.25, -0.2) is 4.98 Å². The lowest BCUT2D eigenvalue weighted by molar-refractivity contribution is -0.137. The van der Waals surface area contributed by atoms with Gasteiger partial charge in [-0.3, -0.25) is 14.2 Å². The molecule has 0 saturated carbocycles. The Balaban J connectivity index is 2.53. The normalized spacial score (nSPS) is 10.6. The number of allylic oxidation sites excluding steroid dienone is 1. The molecule has 0 aliphatic carbocycles. The molecule has 20 heavy (non-hydrogen) atoms. The molecule has 1 aromatic carbocycles. The van der Waals surface area contributed by atoms with Crippen molar-refractivity contribution in [3.05, 3.63) is 53.1 Å². The van der Waals surface area contributed by atoms with E-state index in [-0.39, 0.29) is 18.4 Å². The summed E-state index contributed by atoms with van der Waals surface area (Å²) in [6.45, 7) is 4.11. The molecule has 0 atom stereocenters. The lowest BCUT2D eigenvalue weighted by atomic mass is 10.2. The lowest BCUT2D eigenvalue weighted by Gasteiger charge is -2.12. The summed E-state index contributed by atoms with van der Waals surface area (Å²) >= 11 is 0. The number of carbonyl (C=O) groups is 1. The Kier molecular flexibility index (Phi) is 4.30. The number of rotatable bonds is 6. The van der Waals surface area contributed by atoms with Crippen molar-refractivity contribution in [1.82, 2.24) is 9.55 Å². The number of aryl methyl sites for hydroxylation is 1. The summed E-state index contributed by atoms with van der Waals surface area (Å²) in [6.07, 6.45) is 2.56. The molecule has 0 aliphatic heterocycles. The van der Waals surface area contributed by atoms with Crippen molar-refractivity contribution in [1.29, 1.82) is 0 Å². The zero-order valence-corrected chi connectivity index (χ0v) is 11.1. The van der Waals surface area contributed by atoms with Crippen molar-refractivity contribution < 1.29 is 9.90 Å². The van der Waals surface area contributed by atoms with E-state index in [4.69, 9.17) is 5.11 Å². The van der Waals surface area contributed by atoms with Crippen LogP contribution in [0.4, 0.5) is 0 Å². The van der Waals surface area contributed by atoms with Crippen molar-refractivity contribution in [2.75, 3.05) is 0 Å². The van der Waals surface area contributed by atoms with Crippen LogP contribution in [-0.2, 0) is 17.8 Å². The third kappa shape index (κ3) is 2.93. The molecule has 5 nitrogen and oxygen atoms in total. The fourth-order valence-corrected chi connectivity index (χ4v) is 2.07. The minimum atomic E-state index is -0.900. The van der Waals surface area contributed by atoms with Crippen LogP contribution < -0.4 is 5.56 Å². The third-order valence-corrected chi connectivity index (χ3v) is 3.06. The summed E-state index contributed by atoms with van der Waals surface area (Å²) in [5, 5.41) is 9.34. The Bertz CT molecular complexity index is 704. The fourth-order valence-electron chi connectivity index (χ4n) is 2.07. The second-order valence-corrected chi connectivity index (χ2v) is 4.47. The smallest absolute Gasteiger partial charge is 0.303 e. The van der Waals surface area contributed by atoms with Gasteiger partial charge >= 0.3 is 5.97 Å². The van der Waals surface area contributed by atoms with Crippen LogP contribution in [0.3, 0.4) is 0 Å². The predicted octanol–water partition coefficient (Wildman–Crippen LogP) is 1.99. The van der Waals surface area contributed by atoms with Crippen molar-refractivity contribution in [3.8, 4) is 0 Å². The molecule has 0 unspecified atom stereocenters. The fraction of sp³-hybridized carbons (Fsp3) is 0.267. The number of aliphatic carboxylic acids is 1. The second kappa shape index (κ2) is 6.14. The van der Waals surface area contributed by atoms with E-state index >= 15 is 0 Å².